The van der Waals surface area contributed by atoms with E-state index in [2.05, 4.69) is 37.9 Å². The number of anilines is 1. The summed E-state index contributed by atoms with van der Waals surface area (Å²) in [4.78, 5) is 4.50. The van der Waals surface area contributed by atoms with Crippen molar-refractivity contribution in [2.24, 2.45) is 0 Å². The van der Waals surface area contributed by atoms with Crippen LogP contribution >= 0.6 is 27.5 Å². The van der Waals surface area contributed by atoms with Crippen molar-refractivity contribution in [3.8, 4) is 12.1 Å². The van der Waals surface area contributed by atoms with Crippen molar-refractivity contribution >= 4 is 33.2 Å². The number of hydrogen-bond acceptors (Lipinski definition) is 5. The van der Waals surface area contributed by atoms with Crippen molar-refractivity contribution < 1.29 is 5.11 Å². The van der Waals surface area contributed by atoms with E-state index < -0.39 is 6.10 Å². The van der Waals surface area contributed by atoms with E-state index in [1.807, 2.05) is 42.5 Å². The first-order valence-electron chi connectivity index (χ1n) is 10.6. The van der Waals surface area contributed by atoms with Crippen LogP contribution in [0.2, 0.25) is 5.02 Å². The van der Waals surface area contributed by atoms with Gasteiger partial charge in [0.25, 0.3) is 0 Å². The number of aliphatic hydroxyl groups excluding tert-OH is 1. The van der Waals surface area contributed by atoms with Gasteiger partial charge < -0.3 is 10.0 Å². The number of piperazine rings is 1. The van der Waals surface area contributed by atoms with Crippen LogP contribution in [0.4, 0.5) is 5.69 Å². The third-order valence-electron chi connectivity index (χ3n) is 5.96. The SMILES string of the molecule is N#Cc1ccc(C(O)CN2CCN(c3ccc(Br)cc3C#N)[C@H](c3ccc(Cl)cc3)C2)cc1. The molecule has 3 aromatic rings. The minimum absolute atomic E-state index is 0.00235. The summed E-state index contributed by atoms with van der Waals surface area (Å²) in [5.41, 5.74) is 3.98. The van der Waals surface area contributed by atoms with Crippen molar-refractivity contribution in [1.82, 2.24) is 4.90 Å². The Kier molecular flexibility index (Phi) is 7.33. The Morgan fingerprint density at radius 3 is 2.39 bits per heavy atom. The number of nitriles is 2. The zero-order valence-corrected chi connectivity index (χ0v) is 20.2. The second-order valence-electron chi connectivity index (χ2n) is 8.04. The molecular formula is C26H22BrClN4O. The number of benzene rings is 3. The van der Waals surface area contributed by atoms with Crippen LogP contribution < -0.4 is 4.90 Å². The number of hydrogen-bond donors (Lipinski definition) is 1. The van der Waals surface area contributed by atoms with Crippen molar-refractivity contribution in [1.29, 1.82) is 10.5 Å². The van der Waals surface area contributed by atoms with Gasteiger partial charge in [0, 0.05) is 35.7 Å². The molecule has 1 unspecified atom stereocenters. The van der Waals surface area contributed by atoms with Crippen LogP contribution in [0.1, 0.15) is 34.4 Å². The fourth-order valence-electron chi connectivity index (χ4n) is 4.24. The highest BCUT2D eigenvalue weighted by Gasteiger charge is 2.31. The van der Waals surface area contributed by atoms with Gasteiger partial charge in [-0.1, -0.05) is 51.8 Å². The van der Waals surface area contributed by atoms with Crippen molar-refractivity contribution in [3.63, 3.8) is 0 Å². The standard InChI is InChI=1S/C26H22BrClN4O/c27-22-7-10-24(21(13-22)15-30)32-12-11-31(16-25(32)19-5-8-23(28)9-6-19)17-26(33)20-3-1-18(14-29)2-4-20/h1-10,13,25-26,33H,11-12,16-17H2/t25-,26?/m0/s1. The highest BCUT2D eigenvalue weighted by atomic mass is 79.9. The molecule has 166 valence electrons. The van der Waals surface area contributed by atoms with Gasteiger partial charge in [0.05, 0.1) is 35.0 Å². The average molecular weight is 522 g/mol. The summed E-state index contributed by atoms with van der Waals surface area (Å²) in [5, 5.41) is 30.2. The predicted molar refractivity (Wildman–Crippen MR) is 133 cm³/mol. The Bertz CT molecular complexity index is 1200. The molecular weight excluding hydrogens is 500 g/mol. The molecule has 0 bridgehead atoms. The van der Waals surface area contributed by atoms with Gasteiger partial charge in [0.1, 0.15) is 6.07 Å². The maximum atomic E-state index is 10.8. The lowest BCUT2D eigenvalue weighted by Gasteiger charge is -2.44. The van der Waals surface area contributed by atoms with E-state index >= 15 is 0 Å². The number of rotatable bonds is 5. The molecule has 3 aromatic carbocycles. The highest BCUT2D eigenvalue weighted by molar-refractivity contribution is 9.10. The molecule has 1 aliphatic rings. The highest BCUT2D eigenvalue weighted by Crippen LogP contribution is 2.35. The minimum atomic E-state index is -0.655. The van der Waals surface area contributed by atoms with Crippen LogP contribution in [0.5, 0.6) is 0 Å². The van der Waals surface area contributed by atoms with E-state index in [-0.39, 0.29) is 6.04 Å². The predicted octanol–water partition coefficient (Wildman–Crippen LogP) is 5.44. The fourth-order valence-corrected chi connectivity index (χ4v) is 4.73. The smallest absolute Gasteiger partial charge is 0.101 e. The lowest BCUT2D eigenvalue weighted by Crippen LogP contribution is -2.49. The van der Waals surface area contributed by atoms with Crippen LogP contribution in [0, 0.1) is 22.7 Å². The van der Waals surface area contributed by atoms with Crippen molar-refractivity contribution in [2.45, 2.75) is 12.1 Å². The molecule has 0 spiro atoms. The third-order valence-corrected chi connectivity index (χ3v) is 6.71. The Hall–Kier alpha value is -2.87. The number of nitrogens with zero attached hydrogens (tertiary/aromatic N) is 4. The molecule has 33 heavy (non-hydrogen) atoms. The first kappa shape index (κ1) is 23.3. The molecule has 0 saturated carbocycles. The Labute approximate surface area is 207 Å². The second kappa shape index (κ2) is 10.4. The molecule has 5 nitrogen and oxygen atoms in total. The van der Waals surface area contributed by atoms with Gasteiger partial charge in [-0.15, -0.1) is 0 Å². The molecule has 1 N–H and O–H groups in total. The van der Waals surface area contributed by atoms with E-state index in [0.717, 1.165) is 27.8 Å². The van der Waals surface area contributed by atoms with Crippen molar-refractivity contribution in [2.75, 3.05) is 31.1 Å². The van der Waals surface area contributed by atoms with Gasteiger partial charge in [-0.25, -0.2) is 0 Å². The van der Waals surface area contributed by atoms with Gasteiger partial charge in [-0.2, -0.15) is 10.5 Å². The Balaban J connectivity index is 1.59. The normalized spacial score (nSPS) is 17.2. The molecule has 1 heterocycles. The molecule has 2 atom stereocenters. The zero-order valence-electron chi connectivity index (χ0n) is 17.8. The lowest BCUT2D eigenvalue weighted by molar-refractivity contribution is 0.100. The first-order chi connectivity index (χ1) is 16.0. The van der Waals surface area contributed by atoms with Gasteiger partial charge >= 0.3 is 0 Å². The Morgan fingerprint density at radius 2 is 1.73 bits per heavy atom. The van der Waals surface area contributed by atoms with Crippen molar-refractivity contribution in [3.05, 3.63) is 98.5 Å². The molecule has 7 heteroatoms. The maximum absolute atomic E-state index is 10.8. The number of aliphatic hydroxyl groups is 1. The van der Waals surface area contributed by atoms with Gasteiger partial charge in [0.15, 0.2) is 0 Å². The fraction of sp³-hybridized carbons (Fsp3) is 0.231. The summed E-state index contributed by atoms with van der Waals surface area (Å²) in [6.45, 7) is 2.63. The summed E-state index contributed by atoms with van der Waals surface area (Å²) in [6, 6.07) is 25.1. The lowest BCUT2D eigenvalue weighted by atomic mass is 9.99. The third kappa shape index (κ3) is 5.38. The Morgan fingerprint density at radius 1 is 1.00 bits per heavy atom. The summed E-state index contributed by atoms with van der Waals surface area (Å²) in [6.07, 6.45) is -0.655. The quantitative estimate of drug-likeness (QED) is 0.484. The zero-order chi connectivity index (χ0) is 23.4. The molecule has 0 radical (unpaired) electrons. The van der Waals surface area contributed by atoms with E-state index in [1.54, 1.807) is 24.3 Å². The van der Waals surface area contributed by atoms with E-state index in [0.29, 0.717) is 35.8 Å². The van der Waals surface area contributed by atoms with Gasteiger partial charge in [-0.05, 0) is 53.6 Å². The summed E-state index contributed by atoms with van der Waals surface area (Å²) >= 11 is 9.59. The van der Waals surface area contributed by atoms with E-state index in [1.165, 1.54) is 0 Å². The maximum Gasteiger partial charge on any atom is 0.101 e. The molecule has 1 fully saturated rings. The molecule has 0 amide bonds. The topological polar surface area (TPSA) is 74.3 Å². The van der Waals surface area contributed by atoms with Gasteiger partial charge in [0.2, 0.25) is 0 Å². The van der Waals surface area contributed by atoms with E-state index in [9.17, 15) is 10.4 Å². The molecule has 1 saturated heterocycles. The van der Waals surface area contributed by atoms with Crippen LogP contribution in [0.25, 0.3) is 0 Å². The number of halogens is 2. The number of β-amino-alcohol motifs (C(OH)–C–C–N with tert-alkyl or cyclic N) is 1. The van der Waals surface area contributed by atoms with Crippen LogP contribution in [0.3, 0.4) is 0 Å². The average Bonchev–Trinajstić information content (AvgIpc) is 2.84. The van der Waals surface area contributed by atoms with Crippen LogP contribution in [0.15, 0.2) is 71.2 Å². The van der Waals surface area contributed by atoms with Crippen LogP contribution in [-0.2, 0) is 0 Å². The van der Waals surface area contributed by atoms with E-state index in [4.69, 9.17) is 16.9 Å². The largest absolute Gasteiger partial charge is 0.387 e. The van der Waals surface area contributed by atoms with Gasteiger partial charge in [-0.3, -0.25) is 4.90 Å². The molecule has 1 aliphatic heterocycles. The van der Waals surface area contributed by atoms with Crippen LogP contribution in [-0.4, -0.2) is 36.2 Å². The monoisotopic (exact) mass is 520 g/mol. The summed E-state index contributed by atoms with van der Waals surface area (Å²) in [5.74, 6) is 0. The first-order valence-corrected chi connectivity index (χ1v) is 11.8. The minimum Gasteiger partial charge on any atom is -0.387 e. The molecule has 4 rings (SSSR count). The summed E-state index contributed by atoms with van der Waals surface area (Å²) in [7, 11) is 0. The molecule has 0 aliphatic carbocycles. The molecule has 0 aromatic heterocycles. The summed E-state index contributed by atoms with van der Waals surface area (Å²) < 4.78 is 0.870. The second-order valence-corrected chi connectivity index (χ2v) is 9.40.